The molecule has 4 rings (SSSR count). The molecular formula is C23H35N7O7S. The Hall–Kier alpha value is -2.88. The lowest BCUT2D eigenvalue weighted by Gasteiger charge is -2.46. The first-order valence-electron chi connectivity index (χ1n) is 12.6. The first-order chi connectivity index (χ1) is 17.9. The summed E-state index contributed by atoms with van der Waals surface area (Å²) < 4.78 is 0. The molecule has 3 saturated heterocycles. The Morgan fingerprint density at radius 1 is 1.29 bits per heavy atom. The van der Waals surface area contributed by atoms with Gasteiger partial charge in [-0.15, -0.1) is 11.8 Å². The molecule has 0 bridgehead atoms. The van der Waals surface area contributed by atoms with Gasteiger partial charge < -0.3 is 41.9 Å². The molecule has 2 unspecified atom stereocenters. The third kappa shape index (κ3) is 5.46. The van der Waals surface area contributed by atoms with Gasteiger partial charge >= 0.3 is 5.97 Å². The summed E-state index contributed by atoms with van der Waals surface area (Å²) in [6.45, 7) is 4.17. The number of fused-ring (bicyclic) bond motifs is 1. The molecule has 9 N–H and O–H groups in total. The number of carbonyl (C=O) groups excluding carboxylic acids is 3. The van der Waals surface area contributed by atoms with Crippen LogP contribution in [0, 0.1) is 11.8 Å². The molecule has 0 saturated carbocycles. The molecule has 4 aliphatic heterocycles. The number of likely N-dealkylation sites (tertiary alicyclic amines) is 1. The third-order valence-corrected chi connectivity index (χ3v) is 8.92. The minimum absolute atomic E-state index is 0.0347. The number of amides is 3. The average Bonchev–Trinajstić information content (AvgIpc) is 3.34. The maximum Gasteiger partial charge on any atom is 0.353 e. The molecule has 3 fully saturated rings. The van der Waals surface area contributed by atoms with E-state index >= 15 is 0 Å². The summed E-state index contributed by atoms with van der Waals surface area (Å²) >= 11 is 1.32. The number of aliphatic hydroxyl groups excluding tert-OH is 2. The summed E-state index contributed by atoms with van der Waals surface area (Å²) in [6, 6.07) is -1.02. The fourth-order valence-electron chi connectivity index (χ4n) is 5.57. The number of rotatable bonds is 10. The lowest BCUT2D eigenvalue weighted by Crippen LogP contribution is -2.63. The molecule has 14 nitrogen and oxygen atoms in total. The van der Waals surface area contributed by atoms with E-state index in [0.29, 0.717) is 30.8 Å². The highest BCUT2D eigenvalue weighted by Crippen LogP contribution is 2.52. The van der Waals surface area contributed by atoms with E-state index in [-0.39, 0.29) is 65.7 Å². The maximum absolute atomic E-state index is 13.0. The van der Waals surface area contributed by atoms with Crippen molar-refractivity contribution < 1.29 is 34.5 Å². The number of hydrogen-bond donors (Lipinski definition) is 7. The molecule has 0 aromatic rings. The van der Waals surface area contributed by atoms with Gasteiger partial charge in [-0.1, -0.05) is 6.92 Å². The van der Waals surface area contributed by atoms with Gasteiger partial charge in [0.2, 0.25) is 17.7 Å². The van der Waals surface area contributed by atoms with Gasteiger partial charge in [0.15, 0.2) is 5.96 Å². The third-order valence-electron chi connectivity index (χ3n) is 7.49. The van der Waals surface area contributed by atoms with Gasteiger partial charge in [-0.3, -0.25) is 24.7 Å². The number of hydrogen-bond acceptors (Lipinski definition) is 9. The summed E-state index contributed by atoms with van der Waals surface area (Å²) in [7, 11) is 0. The molecule has 210 valence electrons. The zero-order chi connectivity index (χ0) is 27.9. The predicted molar refractivity (Wildman–Crippen MR) is 137 cm³/mol. The van der Waals surface area contributed by atoms with Crippen LogP contribution >= 0.6 is 11.8 Å². The number of nitrogens with one attached hydrogen (secondary N) is 2. The van der Waals surface area contributed by atoms with Crippen LogP contribution < -0.4 is 22.1 Å². The van der Waals surface area contributed by atoms with Crippen LogP contribution in [0.1, 0.15) is 33.1 Å². The summed E-state index contributed by atoms with van der Waals surface area (Å²) in [6.07, 6.45) is -0.937. The monoisotopic (exact) mass is 553 g/mol. The number of thioether (sulfide) groups is 1. The standard InChI is InChI=1S/C23H35N7O7S/c1-9-17-16(10(2)31)21(35)30(17)18(22(36)37)19(9)38-15-6-13(28-15)20(34)29-4-3-11(8-29)27-14(33)5-12(32)7-26-23(24)25/h9-13,15-17,28,31-32H,3-8H2,1-2H3,(H,27,33)(H,36,37)(H4,24,25,26)/t9-,10-,11?,12?,13+,15+,16-,17-/m1/s1. The highest BCUT2D eigenvalue weighted by molar-refractivity contribution is 8.03. The molecule has 0 aliphatic carbocycles. The number of nitrogens with zero attached hydrogens (tertiary/aromatic N) is 3. The summed E-state index contributed by atoms with van der Waals surface area (Å²) in [5.41, 5.74) is 10.4. The van der Waals surface area contributed by atoms with Crippen molar-refractivity contribution >= 4 is 41.4 Å². The second-order valence-corrected chi connectivity index (χ2v) is 11.5. The Bertz CT molecular complexity index is 1060. The van der Waals surface area contributed by atoms with Gasteiger partial charge in [0.25, 0.3) is 0 Å². The van der Waals surface area contributed by atoms with E-state index in [4.69, 9.17) is 11.5 Å². The van der Waals surface area contributed by atoms with E-state index in [1.54, 1.807) is 4.90 Å². The zero-order valence-corrected chi connectivity index (χ0v) is 22.1. The molecule has 0 radical (unpaired) electrons. The topological polar surface area (TPSA) is 224 Å². The van der Waals surface area contributed by atoms with Crippen LogP contribution in [0.5, 0.6) is 0 Å². The van der Waals surface area contributed by atoms with Gasteiger partial charge in [0, 0.05) is 30.0 Å². The van der Waals surface area contributed by atoms with Crippen LogP contribution in [0.4, 0.5) is 0 Å². The number of guanidine groups is 1. The van der Waals surface area contributed by atoms with Crippen LogP contribution in [0.15, 0.2) is 15.6 Å². The van der Waals surface area contributed by atoms with Crippen molar-refractivity contribution in [2.24, 2.45) is 28.3 Å². The normalized spacial score (nSPS) is 31.7. The van der Waals surface area contributed by atoms with Crippen LogP contribution in [0.2, 0.25) is 0 Å². The minimum atomic E-state index is -1.18. The van der Waals surface area contributed by atoms with E-state index in [1.807, 2.05) is 6.92 Å². The number of carboxylic acids is 1. The van der Waals surface area contributed by atoms with Crippen LogP contribution in [0.25, 0.3) is 0 Å². The van der Waals surface area contributed by atoms with E-state index < -0.39 is 30.1 Å². The number of aliphatic hydroxyl groups is 2. The van der Waals surface area contributed by atoms with Gasteiger partial charge in [0.05, 0.1) is 48.5 Å². The molecule has 8 atom stereocenters. The SMILES string of the molecule is C[C@@H](O)[C@H]1C(=O)N2C(C(=O)O)=C(S[C@H]3C[C@@H](C(=O)N4CCC(NC(=O)CC(O)CN=C(N)N)C4)N3)[C@H](C)[C@H]12. The van der Waals surface area contributed by atoms with E-state index in [1.165, 1.54) is 23.6 Å². The van der Waals surface area contributed by atoms with Gasteiger partial charge in [-0.25, -0.2) is 4.79 Å². The summed E-state index contributed by atoms with van der Waals surface area (Å²) in [5, 5.41) is 35.4. The molecule has 4 aliphatic rings. The van der Waals surface area contributed by atoms with Crippen molar-refractivity contribution in [3.63, 3.8) is 0 Å². The van der Waals surface area contributed by atoms with Crippen molar-refractivity contribution in [2.45, 2.75) is 68.8 Å². The number of aliphatic imine (C=N–C) groups is 1. The second kappa shape index (κ2) is 11.1. The fourth-order valence-corrected chi connectivity index (χ4v) is 7.05. The number of nitrogens with two attached hydrogens (primary N) is 2. The number of carboxylic acid groups (broad SMARTS) is 1. The molecule has 0 aromatic carbocycles. The van der Waals surface area contributed by atoms with Crippen LogP contribution in [0.3, 0.4) is 0 Å². The van der Waals surface area contributed by atoms with Crippen molar-refractivity contribution in [1.82, 2.24) is 20.4 Å². The largest absolute Gasteiger partial charge is 0.477 e. The zero-order valence-electron chi connectivity index (χ0n) is 21.2. The molecule has 4 heterocycles. The first-order valence-corrected chi connectivity index (χ1v) is 13.5. The average molecular weight is 554 g/mol. The van der Waals surface area contributed by atoms with Gasteiger partial charge in [0.1, 0.15) is 5.70 Å². The van der Waals surface area contributed by atoms with Crippen molar-refractivity contribution in [3.05, 3.63) is 10.6 Å². The Kier molecular flexibility index (Phi) is 8.20. The Balaban J connectivity index is 1.25. The van der Waals surface area contributed by atoms with Crippen molar-refractivity contribution in [1.29, 1.82) is 0 Å². The highest BCUT2D eigenvalue weighted by atomic mass is 32.2. The van der Waals surface area contributed by atoms with E-state index in [9.17, 15) is 34.5 Å². The minimum Gasteiger partial charge on any atom is -0.477 e. The molecule has 38 heavy (non-hydrogen) atoms. The lowest BCUT2D eigenvalue weighted by atomic mass is 9.79. The first kappa shape index (κ1) is 28.1. The number of carbonyl (C=O) groups is 4. The van der Waals surface area contributed by atoms with E-state index in [0.717, 1.165) is 0 Å². The van der Waals surface area contributed by atoms with Crippen LogP contribution in [-0.2, 0) is 19.2 Å². The lowest BCUT2D eigenvalue weighted by molar-refractivity contribution is -0.163. The fraction of sp³-hybridized carbons (Fsp3) is 0.696. The quantitative estimate of drug-likeness (QED) is 0.0837. The summed E-state index contributed by atoms with van der Waals surface area (Å²) in [4.78, 5) is 56.8. The predicted octanol–water partition coefficient (Wildman–Crippen LogP) is -2.70. The Morgan fingerprint density at radius 2 is 1.97 bits per heavy atom. The maximum atomic E-state index is 13.0. The van der Waals surface area contributed by atoms with Crippen molar-refractivity contribution in [2.75, 3.05) is 19.6 Å². The van der Waals surface area contributed by atoms with Crippen molar-refractivity contribution in [3.8, 4) is 0 Å². The Labute approximate surface area is 223 Å². The molecule has 15 heteroatoms. The van der Waals surface area contributed by atoms with Crippen LogP contribution in [-0.4, -0.2) is 110 Å². The molecule has 0 aromatic heterocycles. The number of β-lactam (4-membered cyclic amide) rings is 1. The highest BCUT2D eigenvalue weighted by Gasteiger charge is 2.60. The smallest absolute Gasteiger partial charge is 0.353 e. The molecule has 3 amide bonds. The van der Waals surface area contributed by atoms with Gasteiger partial charge in [-0.2, -0.15) is 0 Å². The number of aliphatic carboxylic acids is 1. The van der Waals surface area contributed by atoms with Gasteiger partial charge in [-0.05, 0) is 19.8 Å². The second-order valence-electron chi connectivity index (χ2n) is 10.3. The molecular weight excluding hydrogens is 518 g/mol. The van der Waals surface area contributed by atoms with E-state index in [2.05, 4.69) is 15.6 Å². The summed E-state index contributed by atoms with van der Waals surface area (Å²) in [5.74, 6) is -3.02. The Morgan fingerprint density at radius 3 is 2.58 bits per heavy atom. The molecule has 0 spiro atoms.